The van der Waals surface area contributed by atoms with E-state index in [-0.39, 0.29) is 18.8 Å². The average Bonchev–Trinajstić information content (AvgIpc) is 2.74. The number of piperidine rings is 1. The maximum atomic E-state index is 12.8. The van der Waals surface area contributed by atoms with Gasteiger partial charge in [0.15, 0.2) is 0 Å². The summed E-state index contributed by atoms with van der Waals surface area (Å²) in [6.45, 7) is 2.27. The van der Waals surface area contributed by atoms with E-state index in [1.807, 2.05) is 12.1 Å². The van der Waals surface area contributed by atoms with Crippen molar-refractivity contribution in [1.29, 1.82) is 0 Å². The van der Waals surface area contributed by atoms with Crippen LogP contribution in [0.1, 0.15) is 13.3 Å². The molecule has 158 valence electrons. The van der Waals surface area contributed by atoms with Gasteiger partial charge in [-0.2, -0.15) is 0 Å². The van der Waals surface area contributed by atoms with E-state index in [9.17, 15) is 14.4 Å². The van der Waals surface area contributed by atoms with Gasteiger partial charge in [-0.3, -0.25) is 19.7 Å². The van der Waals surface area contributed by atoms with Crippen LogP contribution in [0, 0.1) is 0 Å². The van der Waals surface area contributed by atoms with Crippen molar-refractivity contribution in [2.24, 2.45) is 5.73 Å². The Bertz CT molecular complexity index is 932. The number of carbonyl (C=O) groups is 3. The highest BCUT2D eigenvalue weighted by Gasteiger charge is 2.56. The minimum absolute atomic E-state index is 0.0797. The molecular formula is C21H21BrN2O6. The zero-order chi connectivity index (χ0) is 21.7. The summed E-state index contributed by atoms with van der Waals surface area (Å²) in [6.07, 6.45) is -0.0797. The first-order valence-corrected chi connectivity index (χ1v) is 10.1. The van der Waals surface area contributed by atoms with Crippen LogP contribution in [-0.4, -0.2) is 42.5 Å². The van der Waals surface area contributed by atoms with E-state index in [4.69, 9.17) is 19.9 Å². The molecule has 2 unspecified atom stereocenters. The number of hydrogen-bond donors (Lipinski definition) is 2. The number of Topliss-reactive ketones (excluding diaryl/α,β-unsaturated/α-hetero) is 1. The lowest BCUT2D eigenvalue weighted by molar-refractivity contribution is -0.159. The normalized spacial score (nSPS) is 21.3. The van der Waals surface area contributed by atoms with Gasteiger partial charge in [0.25, 0.3) is 11.8 Å². The number of halogens is 1. The van der Waals surface area contributed by atoms with Crippen molar-refractivity contribution in [3.8, 4) is 17.2 Å². The number of ketones is 1. The van der Waals surface area contributed by atoms with Gasteiger partial charge in [0.05, 0.1) is 6.61 Å². The molecule has 1 aliphatic rings. The molecule has 8 nitrogen and oxygen atoms in total. The molecule has 1 aliphatic heterocycles. The van der Waals surface area contributed by atoms with Gasteiger partial charge in [-0.05, 0) is 55.5 Å². The Kier molecular flexibility index (Phi) is 6.86. The van der Waals surface area contributed by atoms with Gasteiger partial charge in [0.1, 0.15) is 23.3 Å². The molecule has 30 heavy (non-hydrogen) atoms. The van der Waals surface area contributed by atoms with Gasteiger partial charge >= 0.3 is 0 Å². The smallest absolute Gasteiger partial charge is 0.278 e. The van der Waals surface area contributed by atoms with Crippen molar-refractivity contribution in [2.75, 3.05) is 13.2 Å². The summed E-state index contributed by atoms with van der Waals surface area (Å²) in [6, 6.07) is 12.2. The topological polar surface area (TPSA) is 117 Å². The van der Waals surface area contributed by atoms with Gasteiger partial charge in [-0.1, -0.05) is 15.9 Å². The van der Waals surface area contributed by atoms with Gasteiger partial charge < -0.3 is 19.9 Å². The lowest BCUT2D eigenvalue weighted by Crippen LogP contribution is -2.70. The Morgan fingerprint density at radius 2 is 1.57 bits per heavy atom. The number of nitrogens with one attached hydrogen (secondary N) is 1. The number of nitrogens with two attached hydrogens (primary N) is 1. The molecule has 1 saturated heterocycles. The molecule has 0 saturated carbocycles. The third-order valence-electron chi connectivity index (χ3n) is 4.53. The molecule has 2 amide bonds. The molecule has 3 N–H and O–H groups in total. The van der Waals surface area contributed by atoms with Crippen LogP contribution in [0.3, 0.4) is 0 Å². The Morgan fingerprint density at radius 1 is 1.00 bits per heavy atom. The average molecular weight is 477 g/mol. The highest BCUT2D eigenvalue weighted by molar-refractivity contribution is 9.10. The van der Waals surface area contributed by atoms with Crippen LogP contribution in [-0.2, 0) is 19.1 Å². The molecule has 0 bridgehead atoms. The summed E-state index contributed by atoms with van der Waals surface area (Å²) in [7, 11) is 0. The van der Waals surface area contributed by atoms with Crippen molar-refractivity contribution in [1.82, 2.24) is 5.32 Å². The highest BCUT2D eigenvalue weighted by atomic mass is 79.9. The summed E-state index contributed by atoms with van der Waals surface area (Å²) in [5, 5.41) is 2.11. The molecule has 1 fully saturated rings. The Balaban J connectivity index is 1.80. The predicted octanol–water partition coefficient (Wildman–Crippen LogP) is 2.34. The van der Waals surface area contributed by atoms with Crippen molar-refractivity contribution in [3.05, 3.63) is 53.0 Å². The van der Waals surface area contributed by atoms with Crippen LogP contribution < -0.4 is 20.5 Å². The number of imide groups is 1. The first kappa shape index (κ1) is 21.9. The molecule has 0 radical (unpaired) electrons. The van der Waals surface area contributed by atoms with Gasteiger partial charge in [0, 0.05) is 17.5 Å². The Labute approximate surface area is 181 Å². The SMILES string of the molecule is CCOCCC1(Oc2ccc(Oc3ccc(Br)cc3)cc2)C(=O)NC(=O)C(N)C1=O. The van der Waals surface area contributed by atoms with E-state index in [1.165, 1.54) is 0 Å². The van der Waals surface area contributed by atoms with E-state index in [0.29, 0.717) is 18.1 Å². The first-order chi connectivity index (χ1) is 14.4. The van der Waals surface area contributed by atoms with Crippen LogP contribution in [0.5, 0.6) is 17.2 Å². The van der Waals surface area contributed by atoms with Crippen molar-refractivity contribution < 1.29 is 28.6 Å². The van der Waals surface area contributed by atoms with Crippen molar-refractivity contribution in [2.45, 2.75) is 25.0 Å². The summed E-state index contributed by atoms with van der Waals surface area (Å²) in [5.74, 6) is -1.07. The van der Waals surface area contributed by atoms with Crippen LogP contribution in [0.15, 0.2) is 53.0 Å². The molecule has 2 aromatic rings. The summed E-state index contributed by atoms with van der Waals surface area (Å²) in [4.78, 5) is 37.1. The molecule has 2 aromatic carbocycles. The van der Waals surface area contributed by atoms with Gasteiger partial charge in [-0.25, -0.2) is 0 Å². The fourth-order valence-electron chi connectivity index (χ4n) is 2.93. The zero-order valence-corrected chi connectivity index (χ0v) is 17.8. The summed E-state index contributed by atoms with van der Waals surface area (Å²) < 4.78 is 17.8. The van der Waals surface area contributed by atoms with Crippen LogP contribution in [0.4, 0.5) is 0 Å². The van der Waals surface area contributed by atoms with E-state index >= 15 is 0 Å². The van der Waals surface area contributed by atoms with Crippen LogP contribution in [0.25, 0.3) is 0 Å². The second-order valence-electron chi connectivity index (χ2n) is 6.56. The second kappa shape index (κ2) is 9.38. The minimum Gasteiger partial charge on any atom is -0.469 e. The Morgan fingerprint density at radius 3 is 2.17 bits per heavy atom. The molecule has 3 rings (SSSR count). The van der Waals surface area contributed by atoms with Crippen LogP contribution >= 0.6 is 15.9 Å². The fraction of sp³-hybridized carbons (Fsp3) is 0.286. The third kappa shape index (κ3) is 4.69. The maximum Gasteiger partial charge on any atom is 0.278 e. The lowest BCUT2D eigenvalue weighted by atomic mass is 9.85. The van der Waals surface area contributed by atoms with E-state index in [1.54, 1.807) is 43.3 Å². The molecule has 1 heterocycles. The molecule has 0 aliphatic carbocycles. The zero-order valence-electron chi connectivity index (χ0n) is 16.2. The summed E-state index contributed by atoms with van der Waals surface area (Å²) >= 11 is 3.36. The molecular weight excluding hydrogens is 456 g/mol. The van der Waals surface area contributed by atoms with Crippen molar-refractivity contribution in [3.63, 3.8) is 0 Å². The number of rotatable bonds is 8. The molecule has 9 heteroatoms. The first-order valence-electron chi connectivity index (χ1n) is 9.31. The number of benzene rings is 2. The van der Waals surface area contributed by atoms with E-state index < -0.39 is 29.2 Å². The van der Waals surface area contributed by atoms with E-state index in [2.05, 4.69) is 21.2 Å². The summed E-state index contributed by atoms with van der Waals surface area (Å²) in [5.41, 5.74) is 3.73. The largest absolute Gasteiger partial charge is 0.469 e. The quantitative estimate of drug-likeness (QED) is 0.341. The minimum atomic E-state index is -1.95. The molecule has 0 spiro atoms. The van der Waals surface area contributed by atoms with Crippen LogP contribution in [0.2, 0.25) is 0 Å². The highest BCUT2D eigenvalue weighted by Crippen LogP contribution is 2.30. The number of hydrogen-bond acceptors (Lipinski definition) is 7. The van der Waals surface area contributed by atoms with E-state index in [0.717, 1.165) is 4.47 Å². The predicted molar refractivity (Wildman–Crippen MR) is 111 cm³/mol. The maximum absolute atomic E-state index is 12.8. The standard InChI is InChI=1S/C21H21BrN2O6/c1-2-28-12-11-21(18(25)17(23)19(26)24-20(21)27)30-16-9-7-15(8-10-16)29-14-5-3-13(22)4-6-14/h3-10,17H,2,11-12,23H2,1H3,(H,24,26,27). The third-order valence-corrected chi connectivity index (χ3v) is 5.06. The lowest BCUT2D eigenvalue weighted by Gasteiger charge is -2.36. The Hall–Kier alpha value is -2.75. The molecule has 2 atom stereocenters. The second-order valence-corrected chi connectivity index (χ2v) is 7.48. The fourth-order valence-corrected chi connectivity index (χ4v) is 3.20. The van der Waals surface area contributed by atoms with Crippen molar-refractivity contribution >= 4 is 33.5 Å². The van der Waals surface area contributed by atoms with Gasteiger partial charge in [0.2, 0.25) is 11.4 Å². The number of amides is 2. The number of carbonyl (C=O) groups excluding carboxylic acids is 3. The number of ether oxygens (including phenoxy) is 3. The monoisotopic (exact) mass is 476 g/mol. The molecule has 0 aromatic heterocycles. The van der Waals surface area contributed by atoms with Gasteiger partial charge in [-0.15, -0.1) is 0 Å².